The van der Waals surface area contributed by atoms with Gasteiger partial charge in [0, 0.05) is 29.6 Å². The minimum absolute atomic E-state index is 0. The van der Waals surface area contributed by atoms with E-state index < -0.39 is 50.6 Å². The van der Waals surface area contributed by atoms with E-state index in [2.05, 4.69) is 40.2 Å². The summed E-state index contributed by atoms with van der Waals surface area (Å²) in [5.41, 5.74) is 3.84. The third kappa shape index (κ3) is 6.38. The van der Waals surface area contributed by atoms with Gasteiger partial charge in [-0.25, -0.2) is 13.1 Å². The average molecular weight is 617 g/mol. The zero-order valence-electron chi connectivity index (χ0n) is 19.6. The predicted octanol–water partition coefficient (Wildman–Crippen LogP) is -5.77. The summed E-state index contributed by atoms with van der Waals surface area (Å²) < 4.78 is 37.8. The maximum absolute atomic E-state index is 12.8. The number of tetrazole rings is 1. The molecular weight excluding hydrogens is 599 g/mol. The van der Waals surface area contributed by atoms with Crippen LogP contribution < -0.4 is 40.6 Å². The van der Waals surface area contributed by atoms with Crippen molar-refractivity contribution in [2.75, 3.05) is 30.9 Å². The van der Waals surface area contributed by atoms with Gasteiger partial charge < -0.3 is 30.4 Å². The van der Waals surface area contributed by atoms with E-state index in [1.807, 2.05) is 0 Å². The molecule has 0 radical (unpaired) electrons. The monoisotopic (exact) mass is 616 g/mol. The summed E-state index contributed by atoms with van der Waals surface area (Å²) in [6.45, 7) is -0.178. The van der Waals surface area contributed by atoms with E-state index in [9.17, 15) is 32.5 Å². The number of hydrogen-bond donors (Lipinski definition) is 3. The molecule has 2 aliphatic heterocycles. The third-order valence-electron chi connectivity index (χ3n) is 5.19. The average Bonchev–Trinajstić information content (AvgIpc) is 3.46. The Morgan fingerprint density at radius 3 is 2.79 bits per heavy atom. The van der Waals surface area contributed by atoms with Gasteiger partial charge >= 0.3 is 35.5 Å². The number of hydrogen-bond acceptors (Lipinski definition) is 17. The number of nitrogens with one attached hydrogen (secondary N) is 1. The van der Waals surface area contributed by atoms with Gasteiger partial charge in [0.15, 0.2) is 5.13 Å². The summed E-state index contributed by atoms with van der Waals surface area (Å²) >= 11 is 2.84. The number of carboxylic acids is 1. The molecule has 0 saturated carbocycles. The molecule has 4 heterocycles. The van der Waals surface area contributed by atoms with Crippen LogP contribution in [0.5, 0.6) is 0 Å². The summed E-state index contributed by atoms with van der Waals surface area (Å²) in [5.74, 6) is -3.62. The van der Waals surface area contributed by atoms with Gasteiger partial charge in [0.2, 0.25) is 22.6 Å². The standard InChI is InChI=1S/C15H18N10O8S4.Na/c1-33-20-6(8-18-13(16)36-21-8)9(26)17-7-10(27)24-2-15(12(28)29,3-34-11(7)24)4-35-14-19-22-23-25(14)5-37(30,31)32;/h7,11H,2-5H2,1H3,(H,17,26)(H,28,29)(H2,16,18,21)(H,30,31,32);/q;+1/p-1/t7?,11-,15?;/m1./s1. The molecule has 0 aromatic carbocycles. The second-order valence-electron chi connectivity index (χ2n) is 7.72. The zero-order valence-corrected chi connectivity index (χ0v) is 24.8. The quantitative estimate of drug-likeness (QED) is 0.0560. The molecule has 18 nitrogen and oxygen atoms in total. The van der Waals surface area contributed by atoms with Crippen LogP contribution in [0, 0.1) is 5.41 Å². The fraction of sp³-hybridized carbons (Fsp3) is 0.533. The first kappa shape index (κ1) is 30.5. The molecule has 4 rings (SSSR count). The van der Waals surface area contributed by atoms with Gasteiger partial charge in [0.05, 0.1) is 0 Å². The number of rotatable bonds is 10. The molecular formula is C15H17N10NaO8S4. The molecule has 23 heteroatoms. The Bertz CT molecular complexity index is 1370. The Morgan fingerprint density at radius 1 is 1.45 bits per heavy atom. The minimum Gasteiger partial charge on any atom is -0.747 e. The molecule has 2 fully saturated rings. The summed E-state index contributed by atoms with van der Waals surface area (Å²) in [6, 6.07) is -0.954. The summed E-state index contributed by atoms with van der Waals surface area (Å²) in [6.07, 6.45) is 0. The van der Waals surface area contributed by atoms with Crippen LogP contribution in [0.4, 0.5) is 5.13 Å². The van der Waals surface area contributed by atoms with Crippen LogP contribution in [0.15, 0.2) is 10.3 Å². The van der Waals surface area contributed by atoms with E-state index in [0.717, 1.165) is 39.7 Å². The van der Waals surface area contributed by atoms with Crippen molar-refractivity contribution in [3.05, 3.63) is 5.82 Å². The number of nitrogen functional groups attached to an aromatic ring is 1. The van der Waals surface area contributed by atoms with Crippen LogP contribution in [0.2, 0.25) is 0 Å². The molecule has 2 aromatic heterocycles. The Kier molecular flexibility index (Phi) is 9.60. The number of β-lactam (4-membered cyclic amide) rings is 1. The molecule has 200 valence electrons. The van der Waals surface area contributed by atoms with Gasteiger partial charge in [-0.3, -0.25) is 14.4 Å². The summed E-state index contributed by atoms with van der Waals surface area (Å²) in [7, 11) is -3.46. The number of aromatic nitrogens is 6. The number of carbonyl (C=O) groups is 3. The number of amides is 2. The van der Waals surface area contributed by atoms with E-state index in [1.54, 1.807) is 0 Å². The van der Waals surface area contributed by atoms with Crippen LogP contribution in [0.25, 0.3) is 0 Å². The van der Waals surface area contributed by atoms with Gasteiger partial charge in [-0.2, -0.15) is 9.36 Å². The van der Waals surface area contributed by atoms with Crippen molar-refractivity contribution in [3.8, 4) is 0 Å². The fourth-order valence-electron chi connectivity index (χ4n) is 3.46. The van der Waals surface area contributed by atoms with Crippen molar-refractivity contribution in [2.45, 2.75) is 22.4 Å². The maximum Gasteiger partial charge on any atom is 1.00 e. The second kappa shape index (κ2) is 12.0. The van der Waals surface area contributed by atoms with Crippen LogP contribution in [-0.4, -0.2) is 113 Å². The first-order valence-corrected chi connectivity index (χ1v) is 14.3. The molecule has 4 N–H and O–H groups in total. The number of oxime groups is 1. The van der Waals surface area contributed by atoms with Crippen molar-refractivity contribution in [2.24, 2.45) is 10.6 Å². The number of nitrogens with zero attached hydrogens (tertiary/aromatic N) is 8. The van der Waals surface area contributed by atoms with Gasteiger partial charge in [-0.15, -0.1) is 16.9 Å². The number of carboxylic acid groups (broad SMARTS) is 1. The topological polar surface area (TPSA) is 261 Å². The van der Waals surface area contributed by atoms with Crippen molar-refractivity contribution in [3.63, 3.8) is 0 Å². The molecule has 0 bridgehead atoms. The van der Waals surface area contributed by atoms with Gasteiger partial charge in [0.25, 0.3) is 5.91 Å². The van der Waals surface area contributed by atoms with Crippen LogP contribution in [-0.2, 0) is 35.2 Å². The van der Waals surface area contributed by atoms with Crippen molar-refractivity contribution in [1.29, 1.82) is 0 Å². The molecule has 38 heavy (non-hydrogen) atoms. The molecule has 2 unspecified atom stereocenters. The number of fused-ring (bicyclic) bond motifs is 1. The van der Waals surface area contributed by atoms with Crippen molar-refractivity contribution in [1.82, 2.24) is 39.8 Å². The maximum atomic E-state index is 12.8. The Morgan fingerprint density at radius 2 is 2.18 bits per heavy atom. The van der Waals surface area contributed by atoms with Crippen LogP contribution in [0.3, 0.4) is 0 Å². The molecule has 2 aromatic rings. The van der Waals surface area contributed by atoms with E-state index in [4.69, 9.17) is 5.73 Å². The number of nitrogens with two attached hydrogens (primary N) is 1. The third-order valence-corrected chi connectivity index (χ3v) is 9.13. The Labute approximate surface area is 248 Å². The zero-order chi connectivity index (χ0) is 27.0. The largest absolute Gasteiger partial charge is 1.00 e. The first-order chi connectivity index (χ1) is 17.4. The number of anilines is 1. The molecule has 2 aliphatic rings. The summed E-state index contributed by atoms with van der Waals surface area (Å²) in [5, 5.41) is 26.0. The summed E-state index contributed by atoms with van der Waals surface area (Å²) in [4.78, 5) is 47.7. The molecule has 0 aliphatic carbocycles. The predicted molar refractivity (Wildman–Crippen MR) is 126 cm³/mol. The van der Waals surface area contributed by atoms with Gasteiger partial charge in [-0.1, -0.05) is 16.9 Å². The number of thioether (sulfide) groups is 2. The van der Waals surface area contributed by atoms with E-state index in [0.29, 0.717) is 0 Å². The molecule has 2 saturated heterocycles. The molecule has 3 atom stereocenters. The van der Waals surface area contributed by atoms with Gasteiger partial charge in [0.1, 0.15) is 39.9 Å². The van der Waals surface area contributed by atoms with E-state index in [1.165, 1.54) is 12.0 Å². The molecule has 2 amide bonds. The Balaban J connectivity index is 0.00000400. The van der Waals surface area contributed by atoms with E-state index in [-0.39, 0.29) is 69.4 Å². The normalized spacial score (nSPS) is 23.2. The first-order valence-electron chi connectivity index (χ1n) is 9.94. The van der Waals surface area contributed by atoms with Crippen LogP contribution in [0.1, 0.15) is 5.82 Å². The minimum atomic E-state index is -4.68. The van der Waals surface area contributed by atoms with Crippen LogP contribution >= 0.6 is 35.1 Å². The number of carbonyl (C=O) groups excluding carboxylic acids is 2. The smallest absolute Gasteiger partial charge is 0.747 e. The molecule has 0 spiro atoms. The van der Waals surface area contributed by atoms with E-state index >= 15 is 0 Å². The van der Waals surface area contributed by atoms with Gasteiger partial charge in [-0.05, 0) is 10.4 Å². The van der Waals surface area contributed by atoms with Crippen molar-refractivity contribution >= 4 is 73.8 Å². The Hall–Kier alpha value is -2.08. The second-order valence-corrected chi connectivity index (χ2v) is 11.9. The SMILES string of the molecule is CON=C(C(=O)NC1C(=O)N2CC(CSc3nnnn3CS(=O)(=O)[O-])(C(=O)O)CS[C@H]12)c1nsc(N)n1.[Na+]. The number of aliphatic carboxylic acids is 1. The van der Waals surface area contributed by atoms with Crippen molar-refractivity contribution < 1.29 is 66.9 Å². The fourth-order valence-corrected chi connectivity index (χ4v) is 7.18.